The van der Waals surface area contributed by atoms with Gasteiger partial charge in [0.15, 0.2) is 9.84 Å². The predicted octanol–water partition coefficient (Wildman–Crippen LogP) is 3.97. The molecular formula is C25H28N4O3S. The van der Waals surface area contributed by atoms with Gasteiger partial charge in [-0.05, 0) is 81.3 Å². The molecule has 0 saturated carbocycles. The number of nitrogens with zero attached hydrogens (tertiary/aromatic N) is 4. The Hall–Kier alpha value is -3.15. The summed E-state index contributed by atoms with van der Waals surface area (Å²) in [6.07, 6.45) is 6.86. The highest BCUT2D eigenvalue weighted by Crippen LogP contribution is 2.20. The lowest BCUT2D eigenvalue weighted by molar-refractivity contribution is 0.230. The minimum atomic E-state index is -3.52. The summed E-state index contributed by atoms with van der Waals surface area (Å²) in [6.45, 7) is 5.23. The van der Waals surface area contributed by atoms with Crippen LogP contribution >= 0.6 is 0 Å². The van der Waals surface area contributed by atoms with Crippen LogP contribution < -0.4 is 4.74 Å². The molecular weight excluding hydrogens is 436 g/mol. The lowest BCUT2D eigenvalue weighted by atomic mass is 10.2. The van der Waals surface area contributed by atoms with Crippen LogP contribution in [0.1, 0.15) is 37.3 Å². The summed E-state index contributed by atoms with van der Waals surface area (Å²) in [7, 11) is -3.52. The van der Waals surface area contributed by atoms with Crippen molar-refractivity contribution >= 4 is 9.84 Å². The van der Waals surface area contributed by atoms with E-state index in [0.717, 1.165) is 24.4 Å². The molecule has 0 amide bonds. The Bertz CT molecular complexity index is 1210. The molecule has 0 spiro atoms. The summed E-state index contributed by atoms with van der Waals surface area (Å²) in [5.41, 5.74) is 1.85. The zero-order valence-electron chi connectivity index (χ0n) is 18.7. The van der Waals surface area contributed by atoms with E-state index in [1.54, 1.807) is 17.1 Å². The van der Waals surface area contributed by atoms with Gasteiger partial charge in [-0.3, -0.25) is 0 Å². The van der Waals surface area contributed by atoms with E-state index < -0.39 is 9.84 Å². The summed E-state index contributed by atoms with van der Waals surface area (Å²) in [6, 6.07) is 16.2. The second kappa shape index (κ2) is 10.2. The molecule has 33 heavy (non-hydrogen) atoms. The normalized spacial score (nSPS) is 16.5. The topological polar surface area (TPSA) is 88.2 Å². The van der Waals surface area contributed by atoms with Crippen LogP contribution in [0.15, 0.2) is 65.8 Å². The lowest BCUT2D eigenvalue weighted by Crippen LogP contribution is -2.28. The average Bonchev–Trinajstić information content (AvgIpc) is 3.45. The van der Waals surface area contributed by atoms with E-state index in [1.807, 2.05) is 30.3 Å². The largest absolute Gasteiger partial charge is 0.494 e. The van der Waals surface area contributed by atoms with Crippen molar-refractivity contribution in [2.75, 3.05) is 19.7 Å². The number of nitriles is 1. The predicted molar refractivity (Wildman–Crippen MR) is 126 cm³/mol. The van der Waals surface area contributed by atoms with E-state index in [4.69, 9.17) is 10.00 Å². The van der Waals surface area contributed by atoms with Gasteiger partial charge in [0.25, 0.3) is 0 Å². The van der Waals surface area contributed by atoms with Gasteiger partial charge in [0.05, 0.1) is 40.8 Å². The van der Waals surface area contributed by atoms with Gasteiger partial charge in [0.1, 0.15) is 5.75 Å². The molecule has 1 aliphatic heterocycles. The fourth-order valence-electron chi connectivity index (χ4n) is 4.09. The summed E-state index contributed by atoms with van der Waals surface area (Å²) in [5.74, 6) is 0.652. The molecule has 1 atom stereocenters. The van der Waals surface area contributed by atoms with Crippen molar-refractivity contribution < 1.29 is 13.2 Å². The van der Waals surface area contributed by atoms with Crippen LogP contribution in [0, 0.1) is 11.3 Å². The maximum absolute atomic E-state index is 12.7. The Morgan fingerprint density at radius 2 is 1.91 bits per heavy atom. The lowest BCUT2D eigenvalue weighted by Gasteiger charge is -2.20. The van der Waals surface area contributed by atoms with Crippen LogP contribution in [0.25, 0.3) is 5.69 Å². The standard InChI is InChI=1S/C25H28N4O3S/c1-20-4-2-13-28(20)14-3-15-32-24-9-7-23(8-10-24)29-18-22(17-27-29)19-33(30,31)25-11-5-21(16-26)6-12-25/h5-12,17-18,20H,2-4,13-15,19H2,1H3. The van der Waals surface area contributed by atoms with Gasteiger partial charge in [0, 0.05) is 24.3 Å². The molecule has 0 aliphatic carbocycles. The summed E-state index contributed by atoms with van der Waals surface area (Å²) in [4.78, 5) is 2.71. The minimum absolute atomic E-state index is 0.157. The van der Waals surface area contributed by atoms with Gasteiger partial charge in [-0.25, -0.2) is 13.1 Å². The number of benzene rings is 2. The number of hydrogen-bond acceptors (Lipinski definition) is 6. The maximum atomic E-state index is 12.7. The fraction of sp³-hybridized carbons (Fsp3) is 0.360. The number of aromatic nitrogens is 2. The zero-order chi connectivity index (χ0) is 23.3. The Morgan fingerprint density at radius 3 is 2.58 bits per heavy atom. The molecule has 172 valence electrons. The van der Waals surface area contributed by atoms with Crippen molar-refractivity contribution in [1.82, 2.24) is 14.7 Å². The van der Waals surface area contributed by atoms with Crippen molar-refractivity contribution in [3.63, 3.8) is 0 Å². The molecule has 1 aliphatic rings. The van der Waals surface area contributed by atoms with Crippen LogP contribution in [-0.2, 0) is 15.6 Å². The molecule has 0 N–H and O–H groups in total. The maximum Gasteiger partial charge on any atom is 0.182 e. The van der Waals surface area contributed by atoms with Crippen molar-refractivity contribution in [3.8, 4) is 17.5 Å². The van der Waals surface area contributed by atoms with Crippen molar-refractivity contribution in [2.24, 2.45) is 0 Å². The molecule has 2 aromatic carbocycles. The molecule has 0 radical (unpaired) electrons. The van der Waals surface area contributed by atoms with Gasteiger partial charge in [-0.2, -0.15) is 10.4 Å². The summed E-state index contributed by atoms with van der Waals surface area (Å²) >= 11 is 0. The van der Waals surface area contributed by atoms with Crippen molar-refractivity contribution in [3.05, 3.63) is 72.1 Å². The fourth-order valence-corrected chi connectivity index (χ4v) is 5.40. The van der Waals surface area contributed by atoms with Crippen LogP contribution in [0.4, 0.5) is 0 Å². The number of sulfone groups is 1. The minimum Gasteiger partial charge on any atom is -0.494 e. The smallest absolute Gasteiger partial charge is 0.182 e. The molecule has 1 unspecified atom stereocenters. The average molecular weight is 465 g/mol. The van der Waals surface area contributed by atoms with Gasteiger partial charge in [-0.1, -0.05) is 0 Å². The monoisotopic (exact) mass is 464 g/mol. The number of rotatable bonds is 9. The highest BCUT2D eigenvalue weighted by atomic mass is 32.2. The third-order valence-corrected chi connectivity index (χ3v) is 7.69. The molecule has 2 heterocycles. The van der Waals surface area contributed by atoms with E-state index in [1.165, 1.54) is 43.7 Å². The van der Waals surface area contributed by atoms with E-state index in [0.29, 0.717) is 23.8 Å². The van der Waals surface area contributed by atoms with Crippen LogP contribution in [0.5, 0.6) is 5.75 Å². The SMILES string of the molecule is CC1CCCN1CCCOc1ccc(-n2cc(CS(=O)(=O)c3ccc(C#N)cc3)cn2)cc1. The zero-order valence-corrected chi connectivity index (χ0v) is 19.5. The van der Waals surface area contributed by atoms with Crippen LogP contribution in [0.3, 0.4) is 0 Å². The van der Waals surface area contributed by atoms with Crippen LogP contribution in [-0.4, -0.2) is 48.8 Å². The van der Waals surface area contributed by atoms with Gasteiger partial charge >= 0.3 is 0 Å². The molecule has 0 bridgehead atoms. The Morgan fingerprint density at radius 1 is 1.15 bits per heavy atom. The molecule has 4 rings (SSSR count). The third kappa shape index (κ3) is 5.81. The first-order chi connectivity index (χ1) is 15.9. The highest BCUT2D eigenvalue weighted by molar-refractivity contribution is 7.90. The Labute approximate surface area is 195 Å². The van der Waals surface area contributed by atoms with E-state index in [-0.39, 0.29) is 10.6 Å². The first-order valence-electron chi connectivity index (χ1n) is 11.2. The number of hydrogen-bond donors (Lipinski definition) is 0. The number of ether oxygens (including phenoxy) is 1. The third-order valence-electron chi connectivity index (χ3n) is 5.99. The van der Waals surface area contributed by atoms with Gasteiger partial charge in [0.2, 0.25) is 0 Å². The second-order valence-electron chi connectivity index (χ2n) is 8.41. The summed E-state index contributed by atoms with van der Waals surface area (Å²) in [5, 5.41) is 13.2. The first-order valence-corrected chi connectivity index (χ1v) is 12.8. The Balaban J connectivity index is 1.31. The second-order valence-corrected chi connectivity index (χ2v) is 10.4. The van der Waals surface area contributed by atoms with E-state index in [2.05, 4.69) is 16.9 Å². The van der Waals surface area contributed by atoms with E-state index >= 15 is 0 Å². The van der Waals surface area contributed by atoms with E-state index in [9.17, 15) is 8.42 Å². The molecule has 7 nitrogen and oxygen atoms in total. The highest BCUT2D eigenvalue weighted by Gasteiger charge is 2.19. The van der Waals surface area contributed by atoms with Crippen LogP contribution in [0.2, 0.25) is 0 Å². The molecule has 8 heteroatoms. The Kier molecular flexibility index (Phi) is 7.11. The molecule has 1 fully saturated rings. The molecule has 3 aromatic rings. The van der Waals surface area contributed by atoms with Gasteiger partial charge in [-0.15, -0.1) is 0 Å². The quantitative estimate of drug-likeness (QED) is 0.445. The molecule has 1 aromatic heterocycles. The summed E-state index contributed by atoms with van der Waals surface area (Å²) < 4.78 is 32.9. The van der Waals surface area contributed by atoms with Gasteiger partial charge < -0.3 is 9.64 Å². The molecule has 1 saturated heterocycles. The first kappa shape index (κ1) is 23.0. The number of likely N-dealkylation sites (tertiary alicyclic amines) is 1. The van der Waals surface area contributed by atoms with Crippen molar-refractivity contribution in [1.29, 1.82) is 5.26 Å². The van der Waals surface area contributed by atoms with Crippen molar-refractivity contribution in [2.45, 2.75) is 42.9 Å².